The molecule has 28 heavy (non-hydrogen) atoms. The van der Waals surface area contributed by atoms with Gasteiger partial charge < -0.3 is 27.0 Å². The van der Waals surface area contributed by atoms with Gasteiger partial charge >= 0.3 is 0 Å². The van der Waals surface area contributed by atoms with Crippen LogP contribution in [0.1, 0.15) is 31.2 Å². The highest BCUT2D eigenvalue weighted by molar-refractivity contribution is 5.82. The zero-order valence-electron chi connectivity index (χ0n) is 16.4. The van der Waals surface area contributed by atoms with Crippen LogP contribution in [0.4, 0.5) is 0 Å². The molecule has 8 nitrogen and oxygen atoms in total. The molecule has 6 N–H and O–H groups in total. The molecule has 1 fully saturated rings. The quantitative estimate of drug-likeness (QED) is 0.313. The predicted octanol–water partition coefficient (Wildman–Crippen LogP) is 0.0610. The van der Waals surface area contributed by atoms with Gasteiger partial charge in [0.25, 0.3) is 0 Å². The lowest BCUT2D eigenvalue weighted by molar-refractivity contribution is -0.140. The number of nitrogens with zero attached hydrogens (tertiary/aromatic N) is 3. The normalized spacial score (nSPS) is 15.2. The van der Waals surface area contributed by atoms with Gasteiger partial charge in [0.05, 0.1) is 6.04 Å². The summed E-state index contributed by atoms with van der Waals surface area (Å²) in [7, 11) is 0. The van der Waals surface area contributed by atoms with Gasteiger partial charge in [0.15, 0.2) is 5.96 Å². The summed E-state index contributed by atoms with van der Waals surface area (Å²) in [6.45, 7) is 2.81. The molecule has 8 heteroatoms. The van der Waals surface area contributed by atoms with Gasteiger partial charge in [-0.15, -0.1) is 0 Å². The standard InChI is InChI=1S/C20H32N6O2/c21-17(15-16-7-3-1-4-8-16)19(28)26-13-11-25(12-14-26)18(27)9-5-2-6-10-24-20(22)23/h1,3-4,7-8,17H,2,5-6,9-15,21H2,(H4,22,23,24)/t17-/m0/s1. The van der Waals surface area contributed by atoms with Crippen molar-refractivity contribution < 1.29 is 9.59 Å². The number of guanidine groups is 1. The molecule has 0 radical (unpaired) electrons. The number of hydrogen-bond donors (Lipinski definition) is 3. The average molecular weight is 389 g/mol. The topological polar surface area (TPSA) is 131 Å². The Labute approximate surface area is 166 Å². The summed E-state index contributed by atoms with van der Waals surface area (Å²) in [6.07, 6.45) is 3.64. The van der Waals surface area contributed by atoms with Gasteiger partial charge in [-0.3, -0.25) is 14.6 Å². The molecule has 1 aromatic carbocycles. The molecular weight excluding hydrogens is 356 g/mol. The maximum absolute atomic E-state index is 12.6. The number of aliphatic imine (C=N–C) groups is 1. The third-order valence-corrected chi connectivity index (χ3v) is 4.90. The van der Waals surface area contributed by atoms with Crippen LogP contribution in [0.5, 0.6) is 0 Å². The minimum absolute atomic E-state index is 0.0457. The molecule has 1 heterocycles. The first-order valence-electron chi connectivity index (χ1n) is 9.89. The Morgan fingerprint density at radius 2 is 1.61 bits per heavy atom. The van der Waals surface area contributed by atoms with Crippen LogP contribution in [0.2, 0.25) is 0 Å². The summed E-state index contributed by atoms with van der Waals surface area (Å²) in [5.74, 6) is 0.199. The van der Waals surface area contributed by atoms with Crippen LogP contribution in [-0.4, -0.2) is 66.3 Å². The average Bonchev–Trinajstić information content (AvgIpc) is 2.70. The SMILES string of the molecule is NC(N)=NCCCCCC(=O)N1CCN(C(=O)[C@@H](N)Cc2ccccc2)CC1. The summed E-state index contributed by atoms with van der Waals surface area (Å²) in [5.41, 5.74) is 17.7. The Morgan fingerprint density at radius 1 is 0.964 bits per heavy atom. The highest BCUT2D eigenvalue weighted by Gasteiger charge is 2.27. The molecule has 1 aliphatic heterocycles. The van der Waals surface area contributed by atoms with Crippen LogP contribution in [0.15, 0.2) is 35.3 Å². The van der Waals surface area contributed by atoms with Crippen molar-refractivity contribution in [3.63, 3.8) is 0 Å². The van der Waals surface area contributed by atoms with Gasteiger partial charge in [0.2, 0.25) is 11.8 Å². The summed E-state index contributed by atoms with van der Waals surface area (Å²) in [5, 5.41) is 0. The summed E-state index contributed by atoms with van der Waals surface area (Å²) >= 11 is 0. The van der Waals surface area contributed by atoms with Crippen molar-refractivity contribution >= 4 is 17.8 Å². The Balaban J connectivity index is 1.66. The first-order valence-corrected chi connectivity index (χ1v) is 9.89. The van der Waals surface area contributed by atoms with E-state index < -0.39 is 6.04 Å². The largest absolute Gasteiger partial charge is 0.370 e. The lowest BCUT2D eigenvalue weighted by atomic mass is 10.1. The van der Waals surface area contributed by atoms with Crippen molar-refractivity contribution in [1.82, 2.24) is 9.80 Å². The molecule has 1 saturated heterocycles. The molecule has 0 aromatic heterocycles. The first-order chi connectivity index (χ1) is 13.5. The van der Waals surface area contributed by atoms with E-state index >= 15 is 0 Å². The number of benzene rings is 1. The molecule has 0 unspecified atom stereocenters. The zero-order chi connectivity index (χ0) is 20.4. The maximum atomic E-state index is 12.6. The highest BCUT2D eigenvalue weighted by atomic mass is 16.2. The van der Waals surface area contributed by atoms with Crippen LogP contribution in [0, 0.1) is 0 Å². The molecule has 1 aliphatic rings. The Morgan fingerprint density at radius 3 is 2.25 bits per heavy atom. The minimum Gasteiger partial charge on any atom is -0.370 e. The van der Waals surface area contributed by atoms with E-state index in [-0.39, 0.29) is 17.8 Å². The summed E-state index contributed by atoms with van der Waals surface area (Å²) < 4.78 is 0. The Kier molecular flexibility index (Phi) is 8.74. The van der Waals surface area contributed by atoms with Crippen molar-refractivity contribution in [2.45, 2.75) is 38.1 Å². The Bertz CT molecular complexity index is 652. The molecule has 0 bridgehead atoms. The van der Waals surface area contributed by atoms with E-state index in [1.165, 1.54) is 0 Å². The molecule has 0 spiro atoms. The van der Waals surface area contributed by atoms with Crippen LogP contribution >= 0.6 is 0 Å². The lowest BCUT2D eigenvalue weighted by Crippen LogP contribution is -2.54. The van der Waals surface area contributed by atoms with Crippen molar-refractivity contribution in [2.24, 2.45) is 22.2 Å². The number of carbonyl (C=O) groups excluding carboxylic acids is 2. The Hall–Kier alpha value is -2.61. The van der Waals surface area contributed by atoms with Gasteiger partial charge in [-0.2, -0.15) is 0 Å². The molecule has 2 rings (SSSR count). The van der Waals surface area contributed by atoms with Crippen molar-refractivity contribution in [3.05, 3.63) is 35.9 Å². The van der Waals surface area contributed by atoms with Crippen LogP contribution in [0.3, 0.4) is 0 Å². The molecule has 1 atom stereocenters. The van der Waals surface area contributed by atoms with Gasteiger partial charge in [-0.1, -0.05) is 36.8 Å². The highest BCUT2D eigenvalue weighted by Crippen LogP contribution is 2.10. The van der Waals surface area contributed by atoms with Crippen molar-refractivity contribution in [1.29, 1.82) is 0 Å². The zero-order valence-corrected chi connectivity index (χ0v) is 16.4. The summed E-state index contributed by atoms with van der Waals surface area (Å²) in [6, 6.07) is 9.23. The molecular formula is C20H32N6O2. The van der Waals surface area contributed by atoms with Gasteiger partial charge in [0, 0.05) is 39.1 Å². The van der Waals surface area contributed by atoms with E-state index in [1.54, 1.807) is 4.90 Å². The van der Waals surface area contributed by atoms with Crippen molar-refractivity contribution in [2.75, 3.05) is 32.7 Å². The molecule has 0 aliphatic carbocycles. The van der Waals surface area contributed by atoms with E-state index in [0.29, 0.717) is 45.6 Å². The smallest absolute Gasteiger partial charge is 0.239 e. The second-order valence-electron chi connectivity index (χ2n) is 7.12. The van der Waals surface area contributed by atoms with Gasteiger partial charge in [0.1, 0.15) is 0 Å². The fourth-order valence-electron chi connectivity index (χ4n) is 3.30. The lowest BCUT2D eigenvalue weighted by Gasteiger charge is -2.36. The van der Waals surface area contributed by atoms with Gasteiger partial charge in [-0.05, 0) is 24.8 Å². The van der Waals surface area contributed by atoms with Crippen molar-refractivity contribution in [3.8, 4) is 0 Å². The predicted molar refractivity (Wildman–Crippen MR) is 110 cm³/mol. The molecule has 2 amide bonds. The van der Waals surface area contributed by atoms with E-state index in [1.807, 2.05) is 35.2 Å². The number of rotatable bonds is 9. The molecule has 154 valence electrons. The monoisotopic (exact) mass is 388 g/mol. The third kappa shape index (κ3) is 7.19. The number of unbranched alkanes of at least 4 members (excludes halogenated alkanes) is 2. The van der Waals surface area contributed by atoms with Crippen LogP contribution < -0.4 is 17.2 Å². The molecule has 1 aromatic rings. The second kappa shape index (κ2) is 11.3. The maximum Gasteiger partial charge on any atom is 0.239 e. The summed E-state index contributed by atoms with van der Waals surface area (Å²) in [4.78, 5) is 32.4. The fraction of sp³-hybridized carbons (Fsp3) is 0.550. The first kappa shape index (κ1) is 21.7. The number of nitrogens with two attached hydrogens (primary N) is 3. The van der Waals surface area contributed by atoms with E-state index in [0.717, 1.165) is 24.8 Å². The minimum atomic E-state index is -0.546. The fourth-order valence-corrected chi connectivity index (χ4v) is 3.30. The molecule has 0 saturated carbocycles. The second-order valence-corrected chi connectivity index (χ2v) is 7.12. The van der Waals surface area contributed by atoms with E-state index in [9.17, 15) is 9.59 Å². The number of piperazine rings is 1. The van der Waals surface area contributed by atoms with Crippen LogP contribution in [0.25, 0.3) is 0 Å². The number of amides is 2. The number of carbonyl (C=O) groups is 2. The van der Waals surface area contributed by atoms with E-state index in [2.05, 4.69) is 4.99 Å². The van der Waals surface area contributed by atoms with Gasteiger partial charge in [-0.25, -0.2) is 0 Å². The van der Waals surface area contributed by atoms with Crippen LogP contribution in [-0.2, 0) is 16.0 Å². The van der Waals surface area contributed by atoms with E-state index in [4.69, 9.17) is 17.2 Å². The number of hydrogen-bond acceptors (Lipinski definition) is 4. The third-order valence-electron chi connectivity index (χ3n) is 4.90.